The number of nitrogens with two attached hydrogens (primary N) is 1. The average molecular weight is 282 g/mol. The van der Waals surface area contributed by atoms with Crippen LogP contribution in [0.1, 0.15) is 33.1 Å². The topological polar surface area (TPSA) is 99.4 Å². The molecule has 1 aromatic rings. The highest BCUT2D eigenvalue weighted by atomic mass is 16.5. The molecule has 0 fully saturated rings. The lowest BCUT2D eigenvalue weighted by Gasteiger charge is -2.11. The maximum Gasteiger partial charge on any atom is 0.305 e. The Morgan fingerprint density at radius 3 is 2.90 bits per heavy atom. The summed E-state index contributed by atoms with van der Waals surface area (Å²) in [6, 6.07) is 0. The maximum atomic E-state index is 11.2. The van der Waals surface area contributed by atoms with E-state index in [1.165, 1.54) is 6.33 Å². The highest BCUT2D eigenvalue weighted by Crippen LogP contribution is 2.24. The predicted molar refractivity (Wildman–Crippen MR) is 76.6 cm³/mol. The van der Waals surface area contributed by atoms with Crippen LogP contribution in [0.25, 0.3) is 0 Å². The van der Waals surface area contributed by atoms with Crippen molar-refractivity contribution >= 4 is 17.5 Å². The van der Waals surface area contributed by atoms with Gasteiger partial charge in [-0.3, -0.25) is 4.79 Å². The molecular formula is C13H22N4O3. The van der Waals surface area contributed by atoms with E-state index in [4.69, 9.17) is 15.2 Å². The first-order valence-corrected chi connectivity index (χ1v) is 6.81. The molecule has 0 atom stereocenters. The summed E-state index contributed by atoms with van der Waals surface area (Å²) < 4.78 is 10.3. The minimum Gasteiger partial charge on any atom is -0.476 e. The maximum absolute atomic E-state index is 11.2. The molecular weight excluding hydrogens is 260 g/mol. The molecule has 0 saturated carbocycles. The Morgan fingerprint density at radius 1 is 1.40 bits per heavy atom. The molecule has 0 aliphatic rings. The van der Waals surface area contributed by atoms with Crippen LogP contribution in [0.5, 0.6) is 5.88 Å². The third-order valence-corrected chi connectivity index (χ3v) is 2.45. The number of carbonyl (C=O) groups is 1. The van der Waals surface area contributed by atoms with Crippen molar-refractivity contribution in [1.29, 1.82) is 0 Å². The van der Waals surface area contributed by atoms with Crippen LogP contribution in [0.4, 0.5) is 11.5 Å². The standard InChI is InChI=1S/C13H22N4O3/c1-3-8-20-13-11(14)12(16-9-17-13)15-7-5-6-10(18)19-4-2/h9H,3-8,14H2,1-2H3,(H,15,16,17). The van der Waals surface area contributed by atoms with Crippen molar-refractivity contribution < 1.29 is 14.3 Å². The SMILES string of the molecule is CCCOc1ncnc(NCCCC(=O)OCC)c1N. The monoisotopic (exact) mass is 282 g/mol. The fraction of sp³-hybridized carbons (Fsp3) is 0.615. The fourth-order valence-electron chi connectivity index (χ4n) is 1.51. The van der Waals surface area contributed by atoms with Crippen molar-refractivity contribution in [3.05, 3.63) is 6.33 Å². The van der Waals surface area contributed by atoms with Gasteiger partial charge in [-0.05, 0) is 19.8 Å². The molecule has 3 N–H and O–H groups in total. The van der Waals surface area contributed by atoms with Gasteiger partial charge < -0.3 is 20.5 Å². The Hall–Kier alpha value is -2.05. The average Bonchev–Trinajstić information content (AvgIpc) is 2.44. The van der Waals surface area contributed by atoms with E-state index in [0.29, 0.717) is 50.0 Å². The molecule has 112 valence electrons. The first-order valence-electron chi connectivity index (χ1n) is 6.81. The minimum absolute atomic E-state index is 0.197. The first-order chi connectivity index (χ1) is 9.69. The lowest BCUT2D eigenvalue weighted by Crippen LogP contribution is -2.11. The second-order valence-corrected chi connectivity index (χ2v) is 4.12. The zero-order chi connectivity index (χ0) is 14.8. The highest BCUT2D eigenvalue weighted by Gasteiger charge is 2.09. The number of anilines is 2. The summed E-state index contributed by atoms with van der Waals surface area (Å²) in [7, 11) is 0. The summed E-state index contributed by atoms with van der Waals surface area (Å²) >= 11 is 0. The van der Waals surface area contributed by atoms with Crippen LogP contribution < -0.4 is 15.8 Å². The van der Waals surface area contributed by atoms with E-state index in [1.54, 1.807) is 6.92 Å². The predicted octanol–water partition coefficient (Wildman–Crippen LogP) is 1.60. The molecule has 1 rings (SSSR count). The third-order valence-electron chi connectivity index (χ3n) is 2.45. The van der Waals surface area contributed by atoms with Gasteiger partial charge >= 0.3 is 5.97 Å². The molecule has 0 saturated heterocycles. The molecule has 0 bridgehead atoms. The minimum atomic E-state index is -0.197. The smallest absolute Gasteiger partial charge is 0.305 e. The van der Waals surface area contributed by atoms with Crippen LogP contribution in [0.15, 0.2) is 6.33 Å². The van der Waals surface area contributed by atoms with Gasteiger partial charge in [0, 0.05) is 13.0 Å². The van der Waals surface area contributed by atoms with E-state index < -0.39 is 0 Å². The summed E-state index contributed by atoms with van der Waals surface area (Å²) in [5.41, 5.74) is 6.30. The third kappa shape index (κ3) is 5.29. The van der Waals surface area contributed by atoms with Gasteiger partial charge in [0.25, 0.3) is 0 Å². The Kier molecular flexibility index (Phi) is 7.16. The molecule has 0 unspecified atom stereocenters. The number of rotatable bonds is 9. The molecule has 0 amide bonds. The molecule has 0 radical (unpaired) electrons. The van der Waals surface area contributed by atoms with Gasteiger partial charge in [0.05, 0.1) is 13.2 Å². The van der Waals surface area contributed by atoms with Gasteiger partial charge in [0.2, 0.25) is 5.88 Å². The Labute approximate surface area is 118 Å². The molecule has 20 heavy (non-hydrogen) atoms. The van der Waals surface area contributed by atoms with Crippen molar-refractivity contribution in [3.63, 3.8) is 0 Å². The summed E-state index contributed by atoms with van der Waals surface area (Å²) in [6.45, 7) is 5.33. The number of esters is 1. The van der Waals surface area contributed by atoms with E-state index in [0.717, 1.165) is 6.42 Å². The summed E-state index contributed by atoms with van der Waals surface area (Å²) in [6.07, 6.45) is 3.29. The number of nitrogen functional groups attached to an aromatic ring is 1. The van der Waals surface area contributed by atoms with Crippen LogP contribution in [0.3, 0.4) is 0 Å². The van der Waals surface area contributed by atoms with E-state index in [1.807, 2.05) is 6.92 Å². The van der Waals surface area contributed by atoms with Gasteiger partial charge in [0.1, 0.15) is 12.0 Å². The lowest BCUT2D eigenvalue weighted by atomic mass is 10.3. The van der Waals surface area contributed by atoms with Gasteiger partial charge in [-0.2, -0.15) is 4.98 Å². The van der Waals surface area contributed by atoms with Crippen molar-refractivity contribution in [3.8, 4) is 5.88 Å². The zero-order valence-electron chi connectivity index (χ0n) is 12.0. The summed E-state index contributed by atoms with van der Waals surface area (Å²) in [4.78, 5) is 19.2. The second-order valence-electron chi connectivity index (χ2n) is 4.12. The van der Waals surface area contributed by atoms with Gasteiger partial charge in [0.15, 0.2) is 5.82 Å². The molecule has 0 aliphatic carbocycles. The van der Waals surface area contributed by atoms with Crippen LogP contribution >= 0.6 is 0 Å². The zero-order valence-corrected chi connectivity index (χ0v) is 12.0. The number of nitrogens with one attached hydrogen (secondary N) is 1. The van der Waals surface area contributed by atoms with E-state index in [-0.39, 0.29) is 5.97 Å². The molecule has 1 aromatic heterocycles. The second kappa shape index (κ2) is 8.95. The number of hydrogen-bond acceptors (Lipinski definition) is 7. The Balaban J connectivity index is 2.41. The van der Waals surface area contributed by atoms with E-state index >= 15 is 0 Å². The quantitative estimate of drug-likeness (QED) is 0.524. The van der Waals surface area contributed by atoms with Crippen LogP contribution in [-0.4, -0.2) is 35.7 Å². The van der Waals surface area contributed by atoms with E-state index in [9.17, 15) is 4.79 Å². The van der Waals surface area contributed by atoms with Crippen LogP contribution in [0, 0.1) is 0 Å². The summed E-state index contributed by atoms with van der Waals surface area (Å²) in [5.74, 6) is 0.710. The largest absolute Gasteiger partial charge is 0.476 e. The molecule has 1 heterocycles. The molecule has 7 heteroatoms. The van der Waals surface area contributed by atoms with E-state index in [2.05, 4.69) is 15.3 Å². The van der Waals surface area contributed by atoms with Crippen molar-refractivity contribution in [2.75, 3.05) is 30.8 Å². The fourth-order valence-corrected chi connectivity index (χ4v) is 1.51. The van der Waals surface area contributed by atoms with Crippen molar-refractivity contribution in [2.45, 2.75) is 33.1 Å². The number of carbonyl (C=O) groups excluding carboxylic acids is 1. The number of hydrogen-bond donors (Lipinski definition) is 2. The summed E-state index contributed by atoms with van der Waals surface area (Å²) in [5, 5.41) is 3.06. The number of ether oxygens (including phenoxy) is 2. The number of nitrogens with zero attached hydrogens (tertiary/aromatic N) is 2. The molecule has 7 nitrogen and oxygen atoms in total. The first kappa shape index (κ1) is 16.0. The van der Waals surface area contributed by atoms with Gasteiger partial charge in [-0.1, -0.05) is 6.92 Å². The number of aromatic nitrogens is 2. The van der Waals surface area contributed by atoms with Crippen LogP contribution in [0.2, 0.25) is 0 Å². The molecule has 0 aromatic carbocycles. The van der Waals surface area contributed by atoms with Crippen molar-refractivity contribution in [2.24, 2.45) is 0 Å². The highest BCUT2D eigenvalue weighted by molar-refractivity contribution is 5.69. The van der Waals surface area contributed by atoms with Crippen LogP contribution in [-0.2, 0) is 9.53 Å². The normalized spacial score (nSPS) is 10.1. The van der Waals surface area contributed by atoms with Gasteiger partial charge in [-0.25, -0.2) is 4.98 Å². The molecule has 0 spiro atoms. The van der Waals surface area contributed by atoms with Crippen molar-refractivity contribution in [1.82, 2.24) is 9.97 Å². The van der Waals surface area contributed by atoms with Gasteiger partial charge in [-0.15, -0.1) is 0 Å². The lowest BCUT2D eigenvalue weighted by molar-refractivity contribution is -0.143. The molecule has 0 aliphatic heterocycles. The Bertz CT molecular complexity index is 426. The Morgan fingerprint density at radius 2 is 2.20 bits per heavy atom.